The Hall–Kier alpha value is -2.50. The zero-order valence-corrected chi connectivity index (χ0v) is 12.1. The van der Waals surface area contributed by atoms with Crippen LogP contribution in [0.3, 0.4) is 0 Å². The van der Waals surface area contributed by atoms with E-state index < -0.39 is 0 Å². The molecule has 6 nitrogen and oxygen atoms in total. The van der Waals surface area contributed by atoms with Gasteiger partial charge in [-0.05, 0) is 0 Å². The van der Waals surface area contributed by atoms with Gasteiger partial charge in [0.1, 0.15) is 11.4 Å². The van der Waals surface area contributed by atoms with Crippen molar-refractivity contribution >= 4 is 11.6 Å². The lowest BCUT2D eigenvalue weighted by Crippen LogP contribution is -2.08. The van der Waals surface area contributed by atoms with Gasteiger partial charge in [0.15, 0.2) is 0 Å². The van der Waals surface area contributed by atoms with Crippen molar-refractivity contribution in [3.05, 3.63) is 48.3 Å². The average molecular weight is 274 g/mol. The van der Waals surface area contributed by atoms with E-state index in [4.69, 9.17) is 0 Å². The van der Waals surface area contributed by atoms with Gasteiger partial charge in [-0.3, -0.25) is 9.59 Å². The molecule has 0 aliphatic rings. The van der Waals surface area contributed by atoms with Gasteiger partial charge in [-0.2, -0.15) is 0 Å². The predicted octanol–water partition coefficient (Wildman–Crippen LogP) is 0.993. The topological polar surface area (TPSA) is 66.4 Å². The highest BCUT2D eigenvalue weighted by Crippen LogP contribution is 2.00. The lowest BCUT2D eigenvalue weighted by atomic mass is 10.2. The number of ketones is 2. The second-order valence-corrected chi connectivity index (χ2v) is 4.57. The maximum absolute atomic E-state index is 11.7. The fourth-order valence-corrected chi connectivity index (χ4v) is 1.19. The molecule has 1 aromatic rings. The summed E-state index contributed by atoms with van der Waals surface area (Å²) in [6, 6.07) is 0. The van der Waals surface area contributed by atoms with E-state index in [-0.39, 0.29) is 23.0 Å². The lowest BCUT2D eigenvalue weighted by molar-refractivity contribution is 0.102. The zero-order chi connectivity index (χ0) is 15.1. The average Bonchev–Trinajstić information content (AvgIpc) is 2.42. The smallest absolute Gasteiger partial charge is 0.207 e. The molecule has 0 radical (unpaired) electrons. The molecule has 0 saturated heterocycles. The maximum atomic E-state index is 11.7. The molecular weight excluding hydrogens is 256 g/mol. The van der Waals surface area contributed by atoms with Crippen LogP contribution in [0.5, 0.6) is 0 Å². The van der Waals surface area contributed by atoms with Crippen LogP contribution in [0, 0.1) is 0 Å². The van der Waals surface area contributed by atoms with Crippen LogP contribution in [0.2, 0.25) is 0 Å². The summed E-state index contributed by atoms with van der Waals surface area (Å²) in [5.74, 6) is -0.511. The molecule has 0 aromatic carbocycles. The molecule has 0 amide bonds. The number of nitrogens with zero attached hydrogens (tertiary/aromatic N) is 4. The minimum absolute atomic E-state index is 0.205. The van der Waals surface area contributed by atoms with Gasteiger partial charge in [-0.1, -0.05) is 0 Å². The van der Waals surface area contributed by atoms with E-state index in [2.05, 4.69) is 9.97 Å². The molecule has 106 valence electrons. The monoisotopic (exact) mass is 274 g/mol. The first kappa shape index (κ1) is 15.6. The highest BCUT2D eigenvalue weighted by Gasteiger charge is 2.08. The minimum Gasteiger partial charge on any atom is -0.383 e. The standard InChI is InChI=1S/C14H18N4O2/c1-17(2)7-5-13(19)11-9-16-12(10-15-11)14(20)6-8-18(3)4/h5-10H,1-4H3/b7-5+,8-6+. The van der Waals surface area contributed by atoms with E-state index in [1.807, 2.05) is 28.2 Å². The molecule has 0 aliphatic heterocycles. The van der Waals surface area contributed by atoms with Gasteiger partial charge in [0.25, 0.3) is 0 Å². The van der Waals surface area contributed by atoms with Crippen molar-refractivity contribution < 1.29 is 9.59 Å². The Labute approximate surface area is 118 Å². The van der Waals surface area contributed by atoms with E-state index in [0.717, 1.165) is 0 Å². The van der Waals surface area contributed by atoms with E-state index in [9.17, 15) is 9.59 Å². The first-order chi connectivity index (χ1) is 9.40. The molecule has 1 aromatic heterocycles. The molecule has 1 rings (SSSR count). The number of rotatable bonds is 6. The molecule has 0 bridgehead atoms. The third kappa shape index (κ3) is 5.01. The van der Waals surface area contributed by atoms with Crippen LogP contribution in [0.25, 0.3) is 0 Å². The molecule has 0 fully saturated rings. The van der Waals surface area contributed by atoms with Gasteiger partial charge in [0, 0.05) is 52.7 Å². The third-order valence-corrected chi connectivity index (χ3v) is 2.20. The maximum Gasteiger partial charge on any atom is 0.207 e. The van der Waals surface area contributed by atoms with Crippen LogP contribution < -0.4 is 0 Å². The van der Waals surface area contributed by atoms with Crippen LogP contribution in [-0.2, 0) is 0 Å². The molecule has 6 heteroatoms. The fraction of sp³-hybridized carbons (Fsp3) is 0.286. The zero-order valence-electron chi connectivity index (χ0n) is 12.1. The fourth-order valence-electron chi connectivity index (χ4n) is 1.19. The Balaban J connectivity index is 2.79. The highest BCUT2D eigenvalue weighted by atomic mass is 16.1. The Morgan fingerprint density at radius 3 is 1.45 bits per heavy atom. The second-order valence-electron chi connectivity index (χ2n) is 4.57. The molecule has 0 saturated carbocycles. The first-order valence-corrected chi connectivity index (χ1v) is 6.00. The summed E-state index contributed by atoms with van der Waals surface area (Å²) in [6.07, 6.45) is 8.67. The predicted molar refractivity (Wildman–Crippen MR) is 76.3 cm³/mol. The molecule has 0 N–H and O–H groups in total. The molecular formula is C14H18N4O2. The SMILES string of the molecule is CN(C)/C=C/C(=O)c1cnc(C(=O)/C=C/N(C)C)cn1. The second kappa shape index (κ2) is 7.18. The molecule has 0 atom stereocenters. The lowest BCUT2D eigenvalue weighted by Gasteiger charge is -2.03. The van der Waals surface area contributed by atoms with Crippen LogP contribution in [0.1, 0.15) is 21.0 Å². The molecule has 20 heavy (non-hydrogen) atoms. The Morgan fingerprint density at radius 2 is 1.20 bits per heavy atom. The normalized spacial score (nSPS) is 11.0. The summed E-state index contributed by atoms with van der Waals surface area (Å²) in [7, 11) is 7.26. The van der Waals surface area contributed by atoms with Crippen molar-refractivity contribution in [2.45, 2.75) is 0 Å². The number of hydrogen-bond acceptors (Lipinski definition) is 6. The summed E-state index contributed by atoms with van der Waals surface area (Å²) in [5.41, 5.74) is 0.410. The van der Waals surface area contributed by atoms with Crippen LogP contribution in [0.4, 0.5) is 0 Å². The van der Waals surface area contributed by atoms with Crippen molar-refractivity contribution in [2.24, 2.45) is 0 Å². The number of carbonyl (C=O) groups excluding carboxylic acids is 2. The molecule has 1 heterocycles. The van der Waals surface area contributed by atoms with E-state index >= 15 is 0 Å². The highest BCUT2D eigenvalue weighted by molar-refractivity contribution is 6.04. The minimum atomic E-state index is -0.256. The molecule has 0 spiro atoms. The molecule has 0 unspecified atom stereocenters. The van der Waals surface area contributed by atoms with Crippen molar-refractivity contribution in [3.8, 4) is 0 Å². The Morgan fingerprint density at radius 1 is 0.850 bits per heavy atom. The number of hydrogen-bond donors (Lipinski definition) is 0. The number of carbonyl (C=O) groups is 2. The van der Waals surface area contributed by atoms with Crippen molar-refractivity contribution in [1.82, 2.24) is 19.8 Å². The van der Waals surface area contributed by atoms with Gasteiger partial charge >= 0.3 is 0 Å². The number of aromatic nitrogens is 2. The summed E-state index contributed by atoms with van der Waals surface area (Å²) >= 11 is 0. The number of allylic oxidation sites excluding steroid dienone is 2. The van der Waals surface area contributed by atoms with Crippen molar-refractivity contribution in [2.75, 3.05) is 28.2 Å². The van der Waals surface area contributed by atoms with Crippen molar-refractivity contribution in [3.63, 3.8) is 0 Å². The Kier molecular flexibility index (Phi) is 5.58. The van der Waals surface area contributed by atoms with Gasteiger partial charge in [-0.25, -0.2) is 9.97 Å². The summed E-state index contributed by atoms with van der Waals surface area (Å²) < 4.78 is 0. The van der Waals surface area contributed by atoms with Crippen LogP contribution in [0.15, 0.2) is 36.9 Å². The van der Waals surface area contributed by atoms with Crippen LogP contribution in [-0.4, -0.2) is 59.5 Å². The molecule has 0 aliphatic carbocycles. The van der Waals surface area contributed by atoms with Gasteiger partial charge in [0.2, 0.25) is 11.6 Å². The summed E-state index contributed by atoms with van der Waals surface area (Å²) in [4.78, 5) is 34.8. The largest absolute Gasteiger partial charge is 0.383 e. The van der Waals surface area contributed by atoms with E-state index in [0.29, 0.717) is 0 Å². The summed E-state index contributed by atoms with van der Waals surface area (Å²) in [5, 5.41) is 0. The van der Waals surface area contributed by atoms with Crippen molar-refractivity contribution in [1.29, 1.82) is 0 Å². The van der Waals surface area contributed by atoms with Gasteiger partial charge in [-0.15, -0.1) is 0 Å². The first-order valence-electron chi connectivity index (χ1n) is 6.00. The van der Waals surface area contributed by atoms with Gasteiger partial charge < -0.3 is 9.80 Å². The van der Waals surface area contributed by atoms with E-state index in [1.54, 1.807) is 22.2 Å². The third-order valence-electron chi connectivity index (χ3n) is 2.20. The van der Waals surface area contributed by atoms with E-state index in [1.165, 1.54) is 24.5 Å². The quantitative estimate of drug-likeness (QED) is 0.569. The van der Waals surface area contributed by atoms with Gasteiger partial charge in [0.05, 0.1) is 12.4 Å². The van der Waals surface area contributed by atoms with Crippen LogP contribution >= 0.6 is 0 Å². The Bertz CT molecular complexity index is 482. The summed E-state index contributed by atoms with van der Waals surface area (Å²) in [6.45, 7) is 0.